The molecule has 2 N–H and O–H groups in total. The van der Waals surface area contributed by atoms with Crippen LogP contribution < -0.4 is 10.6 Å². The molecular weight excluding hydrogens is 268 g/mol. The Morgan fingerprint density at radius 2 is 2.00 bits per heavy atom. The van der Waals surface area contributed by atoms with Gasteiger partial charge in [0.2, 0.25) is 0 Å². The van der Waals surface area contributed by atoms with E-state index >= 15 is 0 Å². The molecule has 0 saturated carbocycles. The van der Waals surface area contributed by atoms with Crippen molar-refractivity contribution in [1.82, 2.24) is 5.32 Å². The standard InChI is InChI=1S/C16H20N2OS/c1-4-17-15-8-5-11(2)9-14(15)16(19)18-10-13-7-6-12(3)20-13/h5-9,17H,4,10H2,1-3H3,(H,18,19). The maximum Gasteiger partial charge on any atom is 0.253 e. The zero-order valence-corrected chi connectivity index (χ0v) is 12.9. The maximum absolute atomic E-state index is 12.3. The molecule has 0 aliphatic heterocycles. The van der Waals surface area contributed by atoms with Gasteiger partial charge in [0.15, 0.2) is 0 Å². The summed E-state index contributed by atoms with van der Waals surface area (Å²) in [7, 11) is 0. The number of hydrogen-bond donors (Lipinski definition) is 2. The summed E-state index contributed by atoms with van der Waals surface area (Å²) < 4.78 is 0. The third-order valence-electron chi connectivity index (χ3n) is 3.01. The van der Waals surface area contributed by atoms with Crippen LogP contribution in [-0.2, 0) is 6.54 Å². The third kappa shape index (κ3) is 3.61. The Hall–Kier alpha value is -1.81. The minimum absolute atomic E-state index is 0.0318. The van der Waals surface area contributed by atoms with Crippen LogP contribution in [0.5, 0.6) is 0 Å². The van der Waals surface area contributed by atoms with E-state index in [4.69, 9.17) is 0 Å². The number of carbonyl (C=O) groups is 1. The molecule has 0 atom stereocenters. The number of carbonyl (C=O) groups excluding carboxylic acids is 1. The van der Waals surface area contributed by atoms with Crippen LogP contribution in [0.15, 0.2) is 30.3 Å². The lowest BCUT2D eigenvalue weighted by Gasteiger charge is -2.11. The molecule has 0 bridgehead atoms. The van der Waals surface area contributed by atoms with Crippen molar-refractivity contribution < 1.29 is 4.79 Å². The molecule has 0 unspecified atom stereocenters. The van der Waals surface area contributed by atoms with E-state index in [2.05, 4.69) is 29.7 Å². The van der Waals surface area contributed by atoms with Gasteiger partial charge in [-0.3, -0.25) is 4.79 Å². The molecule has 20 heavy (non-hydrogen) atoms. The Labute approximate surface area is 124 Å². The molecule has 1 heterocycles. The molecule has 106 valence electrons. The fourth-order valence-corrected chi connectivity index (χ4v) is 2.86. The fraction of sp³-hybridized carbons (Fsp3) is 0.312. The summed E-state index contributed by atoms with van der Waals surface area (Å²) in [5, 5.41) is 6.21. The van der Waals surface area contributed by atoms with Gasteiger partial charge in [-0.2, -0.15) is 0 Å². The highest BCUT2D eigenvalue weighted by Crippen LogP contribution is 2.18. The summed E-state index contributed by atoms with van der Waals surface area (Å²) in [5.41, 5.74) is 2.68. The molecule has 0 aliphatic rings. The number of amides is 1. The van der Waals surface area contributed by atoms with Crippen LogP contribution in [0, 0.1) is 13.8 Å². The molecule has 0 fully saturated rings. The van der Waals surface area contributed by atoms with Gasteiger partial charge in [-0.1, -0.05) is 11.6 Å². The number of aryl methyl sites for hydroxylation is 2. The van der Waals surface area contributed by atoms with E-state index in [9.17, 15) is 4.79 Å². The second-order valence-corrected chi connectivity index (χ2v) is 6.15. The first-order valence-corrected chi connectivity index (χ1v) is 7.60. The first-order valence-electron chi connectivity index (χ1n) is 6.78. The molecule has 0 radical (unpaired) electrons. The zero-order chi connectivity index (χ0) is 14.5. The number of anilines is 1. The number of benzene rings is 1. The normalized spacial score (nSPS) is 10.3. The average Bonchev–Trinajstić information content (AvgIpc) is 2.84. The zero-order valence-electron chi connectivity index (χ0n) is 12.1. The second kappa shape index (κ2) is 6.57. The SMILES string of the molecule is CCNc1ccc(C)cc1C(=O)NCc1ccc(C)s1. The topological polar surface area (TPSA) is 41.1 Å². The number of nitrogens with one attached hydrogen (secondary N) is 2. The van der Waals surface area contributed by atoms with Crippen LogP contribution in [-0.4, -0.2) is 12.5 Å². The van der Waals surface area contributed by atoms with E-state index in [0.717, 1.165) is 17.8 Å². The van der Waals surface area contributed by atoms with Crippen molar-refractivity contribution >= 4 is 22.9 Å². The van der Waals surface area contributed by atoms with E-state index in [1.54, 1.807) is 11.3 Å². The Bertz CT molecular complexity index is 604. The third-order valence-corrected chi connectivity index (χ3v) is 4.01. The van der Waals surface area contributed by atoms with Crippen molar-refractivity contribution in [2.24, 2.45) is 0 Å². The van der Waals surface area contributed by atoms with Crippen molar-refractivity contribution in [3.05, 3.63) is 51.2 Å². The lowest BCUT2D eigenvalue weighted by atomic mass is 10.1. The smallest absolute Gasteiger partial charge is 0.253 e. The lowest BCUT2D eigenvalue weighted by molar-refractivity contribution is 0.0952. The van der Waals surface area contributed by atoms with Crippen molar-refractivity contribution in [2.75, 3.05) is 11.9 Å². The quantitative estimate of drug-likeness (QED) is 0.880. The molecule has 1 aromatic heterocycles. The molecule has 1 aromatic carbocycles. The summed E-state index contributed by atoms with van der Waals surface area (Å²) in [6, 6.07) is 10.0. The predicted octanol–water partition coefficient (Wildman–Crippen LogP) is 3.73. The lowest BCUT2D eigenvalue weighted by Crippen LogP contribution is -2.23. The average molecular weight is 288 g/mol. The van der Waals surface area contributed by atoms with Gasteiger partial charge >= 0.3 is 0 Å². The number of thiophene rings is 1. The Kier molecular flexibility index (Phi) is 4.79. The Morgan fingerprint density at radius 1 is 1.20 bits per heavy atom. The predicted molar refractivity (Wildman–Crippen MR) is 85.6 cm³/mol. The monoisotopic (exact) mass is 288 g/mol. The van der Waals surface area contributed by atoms with Crippen LogP contribution in [0.2, 0.25) is 0 Å². The van der Waals surface area contributed by atoms with Crippen LogP contribution in [0.3, 0.4) is 0 Å². The van der Waals surface area contributed by atoms with Gasteiger partial charge in [0, 0.05) is 22.0 Å². The van der Waals surface area contributed by atoms with Gasteiger partial charge in [-0.05, 0) is 45.0 Å². The Balaban J connectivity index is 2.09. The minimum Gasteiger partial charge on any atom is -0.385 e. The molecule has 0 spiro atoms. The molecular formula is C16H20N2OS. The van der Waals surface area contributed by atoms with Crippen molar-refractivity contribution in [3.8, 4) is 0 Å². The fourth-order valence-electron chi connectivity index (χ4n) is 2.03. The molecule has 2 rings (SSSR count). The molecule has 0 aliphatic carbocycles. The van der Waals surface area contributed by atoms with Gasteiger partial charge in [0.05, 0.1) is 12.1 Å². The molecule has 3 nitrogen and oxygen atoms in total. The van der Waals surface area contributed by atoms with Crippen molar-refractivity contribution in [2.45, 2.75) is 27.3 Å². The summed E-state index contributed by atoms with van der Waals surface area (Å²) in [6.07, 6.45) is 0. The molecule has 0 saturated heterocycles. The van der Waals surface area contributed by atoms with Gasteiger partial charge in [0.25, 0.3) is 5.91 Å². The van der Waals surface area contributed by atoms with Gasteiger partial charge in [-0.15, -0.1) is 11.3 Å². The first kappa shape index (κ1) is 14.6. The van der Waals surface area contributed by atoms with Gasteiger partial charge in [0.1, 0.15) is 0 Å². The highest BCUT2D eigenvalue weighted by atomic mass is 32.1. The Morgan fingerprint density at radius 3 is 2.65 bits per heavy atom. The van der Waals surface area contributed by atoms with E-state index in [-0.39, 0.29) is 5.91 Å². The summed E-state index contributed by atoms with van der Waals surface area (Å²) in [4.78, 5) is 14.8. The number of hydrogen-bond acceptors (Lipinski definition) is 3. The van der Waals surface area contributed by atoms with Crippen LogP contribution in [0.4, 0.5) is 5.69 Å². The van der Waals surface area contributed by atoms with Crippen molar-refractivity contribution in [3.63, 3.8) is 0 Å². The largest absolute Gasteiger partial charge is 0.385 e. The van der Waals surface area contributed by atoms with E-state index in [1.165, 1.54) is 9.75 Å². The first-order chi connectivity index (χ1) is 9.60. The van der Waals surface area contributed by atoms with Crippen LogP contribution in [0.1, 0.15) is 32.6 Å². The van der Waals surface area contributed by atoms with Crippen LogP contribution >= 0.6 is 11.3 Å². The van der Waals surface area contributed by atoms with Gasteiger partial charge < -0.3 is 10.6 Å². The van der Waals surface area contributed by atoms with E-state index in [0.29, 0.717) is 12.1 Å². The van der Waals surface area contributed by atoms with Crippen molar-refractivity contribution in [1.29, 1.82) is 0 Å². The molecule has 4 heteroatoms. The maximum atomic E-state index is 12.3. The minimum atomic E-state index is -0.0318. The van der Waals surface area contributed by atoms with E-state index in [1.807, 2.05) is 32.0 Å². The molecule has 1 amide bonds. The molecule has 2 aromatic rings. The second-order valence-electron chi connectivity index (χ2n) is 4.77. The highest BCUT2D eigenvalue weighted by Gasteiger charge is 2.11. The summed E-state index contributed by atoms with van der Waals surface area (Å²) in [6.45, 7) is 7.47. The van der Waals surface area contributed by atoms with Gasteiger partial charge in [-0.25, -0.2) is 0 Å². The summed E-state index contributed by atoms with van der Waals surface area (Å²) >= 11 is 1.71. The highest BCUT2D eigenvalue weighted by molar-refractivity contribution is 7.11. The number of rotatable bonds is 5. The summed E-state index contributed by atoms with van der Waals surface area (Å²) in [5.74, 6) is -0.0318. The van der Waals surface area contributed by atoms with E-state index < -0.39 is 0 Å². The van der Waals surface area contributed by atoms with Crippen LogP contribution in [0.25, 0.3) is 0 Å².